The van der Waals surface area contributed by atoms with Crippen LogP contribution in [0.4, 0.5) is 5.69 Å². The highest BCUT2D eigenvalue weighted by atomic mass is 16.2. The topological polar surface area (TPSA) is 110 Å². The Kier molecular flexibility index (Phi) is 6.84. The van der Waals surface area contributed by atoms with Crippen LogP contribution in [-0.4, -0.2) is 39.4 Å². The van der Waals surface area contributed by atoms with Crippen molar-refractivity contribution in [1.82, 2.24) is 14.5 Å². The summed E-state index contributed by atoms with van der Waals surface area (Å²) in [4.78, 5) is 43.6. The van der Waals surface area contributed by atoms with Crippen LogP contribution in [0.25, 0.3) is 10.9 Å². The van der Waals surface area contributed by atoms with Crippen LogP contribution in [0.3, 0.4) is 0 Å². The number of likely N-dealkylation sites (tertiary alicyclic amines) is 1. The number of rotatable bonds is 7. The highest BCUT2D eigenvalue weighted by molar-refractivity contribution is 5.91. The molecule has 4 rings (SSSR count). The number of anilines is 1. The van der Waals surface area contributed by atoms with Crippen LogP contribution in [-0.2, 0) is 22.7 Å². The van der Waals surface area contributed by atoms with Gasteiger partial charge in [-0.2, -0.15) is 0 Å². The number of fused-ring (bicyclic) bond motifs is 1. The Morgan fingerprint density at radius 2 is 2.00 bits per heavy atom. The number of piperidine rings is 1. The maximum atomic E-state index is 12.8. The Balaban J connectivity index is 1.40. The van der Waals surface area contributed by atoms with Crippen LogP contribution < -0.4 is 16.6 Å². The molecule has 1 aromatic heterocycles. The molecule has 0 radical (unpaired) electrons. The van der Waals surface area contributed by atoms with Crippen molar-refractivity contribution >= 4 is 28.4 Å². The molecular formula is C25H29N5O3. The van der Waals surface area contributed by atoms with Gasteiger partial charge in [-0.05, 0) is 49.6 Å². The Hall–Kier alpha value is -3.52. The molecule has 33 heavy (non-hydrogen) atoms. The number of carbonyl (C=O) groups excluding carboxylic acids is 2. The molecular weight excluding hydrogens is 418 g/mol. The third-order valence-electron chi connectivity index (χ3n) is 6.23. The first-order chi connectivity index (χ1) is 15.9. The van der Waals surface area contributed by atoms with Crippen molar-refractivity contribution in [2.24, 2.45) is 11.7 Å². The summed E-state index contributed by atoms with van der Waals surface area (Å²) in [6.07, 6.45) is 3.41. The van der Waals surface area contributed by atoms with Crippen molar-refractivity contribution in [2.75, 3.05) is 18.4 Å². The van der Waals surface area contributed by atoms with Gasteiger partial charge in [0.1, 0.15) is 0 Å². The third-order valence-corrected chi connectivity index (χ3v) is 6.23. The third kappa shape index (κ3) is 5.28. The van der Waals surface area contributed by atoms with Crippen molar-refractivity contribution in [3.63, 3.8) is 0 Å². The number of aryl methyl sites for hydroxylation is 2. The van der Waals surface area contributed by atoms with Gasteiger partial charge in [-0.1, -0.05) is 30.3 Å². The van der Waals surface area contributed by atoms with Gasteiger partial charge in [0.15, 0.2) is 0 Å². The predicted molar refractivity (Wildman–Crippen MR) is 128 cm³/mol. The zero-order valence-corrected chi connectivity index (χ0v) is 18.8. The molecule has 2 amide bonds. The number of nitrogens with two attached hydrogens (primary N) is 1. The molecule has 0 saturated carbocycles. The standard InChI is InChI=1S/C25H29N5O3/c1-17-6-4-9-20-23(17)27-16-30(25(20)33)13-11-22(31)28-21-10-3-2-7-18(21)14-29-12-5-8-19(15-29)24(26)32/h2-4,6-7,9-10,16,19H,5,8,11-15H2,1H3,(H2,26,32)(H,28,31). The number of aromatic nitrogens is 2. The maximum Gasteiger partial charge on any atom is 0.261 e. The van der Waals surface area contributed by atoms with Crippen molar-refractivity contribution in [3.8, 4) is 0 Å². The second kappa shape index (κ2) is 9.95. The SMILES string of the molecule is Cc1cccc2c(=O)n(CCC(=O)Nc3ccccc3CN3CCCC(C(N)=O)C3)cnc12. The molecule has 8 nitrogen and oxygen atoms in total. The first kappa shape index (κ1) is 22.7. The van der Waals surface area contributed by atoms with E-state index in [9.17, 15) is 14.4 Å². The highest BCUT2D eigenvalue weighted by Gasteiger charge is 2.24. The minimum absolute atomic E-state index is 0.127. The molecule has 1 unspecified atom stereocenters. The molecule has 2 aromatic carbocycles. The molecule has 3 N–H and O–H groups in total. The second-order valence-electron chi connectivity index (χ2n) is 8.65. The molecule has 0 aliphatic carbocycles. The summed E-state index contributed by atoms with van der Waals surface area (Å²) in [6, 6.07) is 13.2. The van der Waals surface area contributed by atoms with E-state index in [0.717, 1.165) is 36.2 Å². The smallest absolute Gasteiger partial charge is 0.261 e. The molecule has 1 aliphatic heterocycles. The fourth-order valence-corrected chi connectivity index (χ4v) is 4.38. The van der Waals surface area contributed by atoms with Gasteiger partial charge in [-0.15, -0.1) is 0 Å². The summed E-state index contributed by atoms with van der Waals surface area (Å²) in [5.41, 5.74) is 8.71. The molecule has 1 saturated heterocycles. The van der Waals surface area contributed by atoms with Gasteiger partial charge in [0.05, 0.1) is 23.1 Å². The normalized spacial score (nSPS) is 16.6. The maximum absolute atomic E-state index is 12.8. The fraction of sp³-hybridized carbons (Fsp3) is 0.360. The monoisotopic (exact) mass is 447 g/mol. The minimum Gasteiger partial charge on any atom is -0.369 e. The Morgan fingerprint density at radius 1 is 1.18 bits per heavy atom. The Morgan fingerprint density at radius 3 is 2.82 bits per heavy atom. The molecule has 0 spiro atoms. The molecule has 1 atom stereocenters. The van der Waals surface area contributed by atoms with E-state index >= 15 is 0 Å². The van der Waals surface area contributed by atoms with Crippen LogP contribution in [0.5, 0.6) is 0 Å². The Labute approximate surface area is 192 Å². The van der Waals surface area contributed by atoms with Crippen LogP contribution in [0.15, 0.2) is 53.6 Å². The van der Waals surface area contributed by atoms with E-state index in [2.05, 4.69) is 15.2 Å². The largest absolute Gasteiger partial charge is 0.369 e. The summed E-state index contributed by atoms with van der Waals surface area (Å²) in [6.45, 7) is 4.32. The lowest BCUT2D eigenvalue weighted by Crippen LogP contribution is -2.40. The van der Waals surface area contributed by atoms with Crippen molar-refractivity contribution in [1.29, 1.82) is 0 Å². The first-order valence-corrected chi connectivity index (χ1v) is 11.3. The van der Waals surface area contributed by atoms with E-state index in [-0.39, 0.29) is 36.3 Å². The van der Waals surface area contributed by atoms with E-state index in [4.69, 9.17) is 5.73 Å². The summed E-state index contributed by atoms with van der Waals surface area (Å²) < 4.78 is 1.48. The molecule has 1 aliphatic rings. The number of benzene rings is 2. The zero-order chi connectivity index (χ0) is 23.4. The van der Waals surface area contributed by atoms with Crippen molar-refractivity contribution < 1.29 is 9.59 Å². The van der Waals surface area contributed by atoms with Crippen LogP contribution >= 0.6 is 0 Å². The van der Waals surface area contributed by atoms with Gasteiger partial charge in [0, 0.05) is 31.7 Å². The Bertz CT molecular complexity index is 1240. The number of para-hydroxylation sites is 2. The van der Waals surface area contributed by atoms with Crippen molar-refractivity contribution in [3.05, 3.63) is 70.3 Å². The average molecular weight is 448 g/mol. The van der Waals surface area contributed by atoms with Crippen molar-refractivity contribution in [2.45, 2.75) is 39.3 Å². The molecule has 0 bridgehead atoms. The summed E-state index contributed by atoms with van der Waals surface area (Å²) in [5.74, 6) is -0.555. The van der Waals surface area contributed by atoms with E-state index in [1.54, 1.807) is 6.07 Å². The van der Waals surface area contributed by atoms with Gasteiger partial charge >= 0.3 is 0 Å². The number of carbonyl (C=O) groups is 2. The second-order valence-corrected chi connectivity index (χ2v) is 8.65. The molecule has 8 heteroatoms. The van der Waals surface area contributed by atoms with Gasteiger partial charge in [0.2, 0.25) is 11.8 Å². The number of primary amides is 1. The lowest BCUT2D eigenvalue weighted by molar-refractivity contribution is -0.123. The van der Waals surface area contributed by atoms with Crippen LogP contribution in [0, 0.1) is 12.8 Å². The minimum atomic E-state index is -0.255. The summed E-state index contributed by atoms with van der Waals surface area (Å²) >= 11 is 0. The fourth-order valence-electron chi connectivity index (χ4n) is 4.38. The molecule has 3 aromatic rings. The summed E-state index contributed by atoms with van der Waals surface area (Å²) in [7, 11) is 0. The number of hydrogen-bond acceptors (Lipinski definition) is 5. The predicted octanol–water partition coefficient (Wildman–Crippen LogP) is 2.43. The zero-order valence-electron chi connectivity index (χ0n) is 18.8. The van der Waals surface area contributed by atoms with E-state index in [1.807, 2.05) is 43.3 Å². The number of nitrogens with one attached hydrogen (secondary N) is 1. The lowest BCUT2D eigenvalue weighted by Gasteiger charge is -2.31. The van der Waals surface area contributed by atoms with Gasteiger partial charge in [0.25, 0.3) is 5.56 Å². The summed E-state index contributed by atoms with van der Waals surface area (Å²) in [5, 5.41) is 3.53. The number of nitrogens with zero attached hydrogens (tertiary/aromatic N) is 3. The number of amides is 2. The van der Waals surface area contributed by atoms with Gasteiger partial charge in [-0.3, -0.25) is 23.9 Å². The quantitative estimate of drug-likeness (QED) is 0.578. The first-order valence-electron chi connectivity index (χ1n) is 11.3. The molecule has 172 valence electrons. The van der Waals surface area contributed by atoms with E-state index < -0.39 is 0 Å². The van der Waals surface area contributed by atoms with E-state index in [1.165, 1.54) is 10.9 Å². The molecule has 2 heterocycles. The highest BCUT2D eigenvalue weighted by Crippen LogP contribution is 2.22. The lowest BCUT2D eigenvalue weighted by atomic mass is 9.97. The van der Waals surface area contributed by atoms with Gasteiger partial charge < -0.3 is 11.1 Å². The van der Waals surface area contributed by atoms with Crippen LogP contribution in [0.2, 0.25) is 0 Å². The number of hydrogen-bond donors (Lipinski definition) is 2. The van der Waals surface area contributed by atoms with Gasteiger partial charge in [-0.25, -0.2) is 4.98 Å². The van der Waals surface area contributed by atoms with E-state index in [0.29, 0.717) is 24.0 Å². The molecule has 1 fully saturated rings. The van der Waals surface area contributed by atoms with Crippen LogP contribution in [0.1, 0.15) is 30.4 Å². The average Bonchev–Trinajstić information content (AvgIpc) is 2.80.